The monoisotopic (exact) mass is 365 g/mol. The fourth-order valence-electron chi connectivity index (χ4n) is 2.72. The van der Waals surface area contributed by atoms with Gasteiger partial charge in [-0.1, -0.05) is 6.07 Å². The summed E-state index contributed by atoms with van der Waals surface area (Å²) < 4.78 is 1.96. The number of nitrogens with one attached hydrogen (secondary N) is 2. The molecule has 4 aromatic rings. The van der Waals surface area contributed by atoms with Gasteiger partial charge in [-0.25, -0.2) is 4.98 Å². The van der Waals surface area contributed by atoms with Gasteiger partial charge in [0.15, 0.2) is 11.0 Å². The third kappa shape index (κ3) is 2.88. The van der Waals surface area contributed by atoms with Crippen LogP contribution in [-0.4, -0.2) is 35.6 Å². The van der Waals surface area contributed by atoms with E-state index in [1.165, 1.54) is 11.3 Å². The van der Waals surface area contributed by atoms with Crippen molar-refractivity contribution in [1.82, 2.24) is 29.7 Å². The quantitative estimate of drug-likeness (QED) is 0.579. The Kier molecular flexibility index (Phi) is 4.05. The lowest BCUT2D eigenvalue weighted by Gasteiger charge is -2.05. The van der Waals surface area contributed by atoms with Crippen LogP contribution in [0.1, 0.15) is 21.7 Å². The molecule has 8 nitrogen and oxygen atoms in total. The zero-order valence-electron chi connectivity index (χ0n) is 14.1. The number of nitrogens with zero attached hydrogens (tertiary/aromatic N) is 5. The molecule has 1 amide bonds. The molecular weight excluding hydrogens is 350 g/mol. The Morgan fingerprint density at radius 2 is 2.12 bits per heavy atom. The number of rotatable bonds is 4. The Bertz CT molecular complexity index is 1050. The van der Waals surface area contributed by atoms with Crippen molar-refractivity contribution >= 4 is 23.2 Å². The first-order valence-electron chi connectivity index (χ1n) is 7.87. The first-order valence-corrected chi connectivity index (χ1v) is 8.75. The van der Waals surface area contributed by atoms with Crippen molar-refractivity contribution in [3.05, 3.63) is 59.0 Å². The van der Waals surface area contributed by atoms with Crippen molar-refractivity contribution in [2.45, 2.75) is 13.8 Å². The van der Waals surface area contributed by atoms with Crippen LogP contribution in [0.3, 0.4) is 0 Å². The summed E-state index contributed by atoms with van der Waals surface area (Å²) in [5, 5.41) is 12.3. The molecule has 9 heteroatoms. The Morgan fingerprint density at radius 1 is 1.23 bits per heavy atom. The summed E-state index contributed by atoms with van der Waals surface area (Å²) in [5.41, 5.74) is 2.96. The molecule has 2 N–H and O–H groups in total. The average Bonchev–Trinajstić information content (AvgIpc) is 3.37. The van der Waals surface area contributed by atoms with E-state index in [4.69, 9.17) is 0 Å². The SMILES string of the molecule is Cc1cc(C(=O)Nc2n[nH]c(-c3ccccn3)n2)c(C)n1-c1nccs1. The van der Waals surface area contributed by atoms with E-state index in [2.05, 4.69) is 30.5 Å². The molecule has 26 heavy (non-hydrogen) atoms. The number of carbonyl (C=O) groups excluding carboxylic acids is 1. The Balaban J connectivity index is 1.58. The Hall–Kier alpha value is -3.33. The maximum absolute atomic E-state index is 12.7. The van der Waals surface area contributed by atoms with Gasteiger partial charge in [-0.2, -0.15) is 4.98 Å². The number of amides is 1. The second kappa shape index (κ2) is 6.52. The lowest BCUT2D eigenvalue weighted by Crippen LogP contribution is -2.14. The average molecular weight is 365 g/mol. The number of aromatic amines is 1. The summed E-state index contributed by atoms with van der Waals surface area (Å²) in [6.45, 7) is 3.83. The number of aromatic nitrogens is 6. The van der Waals surface area contributed by atoms with Gasteiger partial charge in [0.1, 0.15) is 5.69 Å². The van der Waals surface area contributed by atoms with Crippen molar-refractivity contribution in [3.63, 3.8) is 0 Å². The maximum atomic E-state index is 12.7. The lowest BCUT2D eigenvalue weighted by molar-refractivity contribution is 0.102. The van der Waals surface area contributed by atoms with Crippen molar-refractivity contribution in [2.75, 3.05) is 5.32 Å². The number of pyridine rings is 1. The lowest BCUT2D eigenvalue weighted by atomic mass is 10.2. The molecular formula is C17H15N7OS. The minimum absolute atomic E-state index is 0.203. The van der Waals surface area contributed by atoms with Crippen molar-refractivity contribution in [3.8, 4) is 16.6 Å². The Morgan fingerprint density at radius 3 is 2.85 bits per heavy atom. The fourth-order valence-corrected chi connectivity index (χ4v) is 3.47. The van der Waals surface area contributed by atoms with Gasteiger partial charge in [0, 0.05) is 29.2 Å². The minimum Gasteiger partial charge on any atom is -0.294 e. The van der Waals surface area contributed by atoms with Crippen LogP contribution < -0.4 is 5.32 Å². The number of hydrogen-bond acceptors (Lipinski definition) is 6. The molecule has 0 atom stereocenters. The van der Waals surface area contributed by atoms with Crippen LogP contribution >= 0.6 is 11.3 Å². The third-order valence-corrected chi connectivity index (χ3v) is 4.66. The van der Waals surface area contributed by atoms with Gasteiger partial charge in [0.05, 0.1) is 5.56 Å². The fraction of sp³-hybridized carbons (Fsp3) is 0.118. The Labute approximate surface area is 153 Å². The van der Waals surface area contributed by atoms with Crippen molar-refractivity contribution in [1.29, 1.82) is 0 Å². The number of aryl methyl sites for hydroxylation is 1. The number of H-pyrrole nitrogens is 1. The van der Waals surface area contributed by atoms with E-state index >= 15 is 0 Å². The normalized spacial score (nSPS) is 10.8. The number of thiazole rings is 1. The van der Waals surface area contributed by atoms with E-state index in [0.717, 1.165) is 16.5 Å². The van der Waals surface area contributed by atoms with E-state index in [-0.39, 0.29) is 11.9 Å². The molecule has 0 aliphatic rings. The van der Waals surface area contributed by atoms with E-state index in [0.29, 0.717) is 17.1 Å². The van der Waals surface area contributed by atoms with Crippen LogP contribution in [0.5, 0.6) is 0 Å². The summed E-state index contributed by atoms with van der Waals surface area (Å²) in [4.78, 5) is 25.5. The largest absolute Gasteiger partial charge is 0.294 e. The van der Waals surface area contributed by atoms with Crippen LogP contribution in [0, 0.1) is 13.8 Å². The predicted molar refractivity (Wildman–Crippen MR) is 98.5 cm³/mol. The van der Waals surface area contributed by atoms with Gasteiger partial charge >= 0.3 is 0 Å². The van der Waals surface area contributed by atoms with Crippen molar-refractivity contribution < 1.29 is 4.79 Å². The van der Waals surface area contributed by atoms with E-state index in [1.54, 1.807) is 12.4 Å². The molecule has 0 saturated carbocycles. The summed E-state index contributed by atoms with van der Waals surface area (Å²) in [5.74, 6) is 0.427. The van der Waals surface area contributed by atoms with Crippen LogP contribution in [0.4, 0.5) is 5.95 Å². The van der Waals surface area contributed by atoms with Gasteiger partial charge in [-0.05, 0) is 32.0 Å². The molecule has 0 radical (unpaired) electrons. The number of hydrogen-bond donors (Lipinski definition) is 2. The van der Waals surface area contributed by atoms with Gasteiger partial charge in [0.25, 0.3) is 5.91 Å². The van der Waals surface area contributed by atoms with Gasteiger partial charge in [-0.3, -0.25) is 24.8 Å². The molecule has 0 unspecified atom stereocenters. The van der Waals surface area contributed by atoms with E-state index in [1.807, 2.05) is 48.1 Å². The molecule has 0 bridgehead atoms. The highest BCUT2D eigenvalue weighted by atomic mass is 32.1. The molecule has 0 aliphatic heterocycles. The molecule has 0 saturated heterocycles. The van der Waals surface area contributed by atoms with Crippen LogP contribution in [0.2, 0.25) is 0 Å². The molecule has 130 valence electrons. The molecule has 0 aliphatic carbocycles. The maximum Gasteiger partial charge on any atom is 0.259 e. The van der Waals surface area contributed by atoms with E-state index < -0.39 is 0 Å². The number of anilines is 1. The predicted octanol–water partition coefficient (Wildman–Crippen LogP) is 2.98. The summed E-state index contributed by atoms with van der Waals surface area (Å²) in [6, 6.07) is 7.32. The molecule has 4 heterocycles. The second-order valence-electron chi connectivity index (χ2n) is 5.61. The summed E-state index contributed by atoms with van der Waals surface area (Å²) in [6.07, 6.45) is 3.41. The van der Waals surface area contributed by atoms with Gasteiger partial charge < -0.3 is 0 Å². The topological polar surface area (TPSA) is 101 Å². The van der Waals surface area contributed by atoms with Gasteiger partial charge in [-0.15, -0.1) is 16.4 Å². The molecule has 4 aromatic heterocycles. The molecule has 0 spiro atoms. The molecule has 0 fully saturated rings. The minimum atomic E-state index is -0.271. The highest BCUT2D eigenvalue weighted by Crippen LogP contribution is 2.23. The third-order valence-electron chi connectivity index (χ3n) is 3.90. The molecule has 0 aromatic carbocycles. The van der Waals surface area contributed by atoms with E-state index in [9.17, 15) is 4.79 Å². The van der Waals surface area contributed by atoms with Crippen LogP contribution in [0.25, 0.3) is 16.6 Å². The molecule has 4 rings (SSSR count). The summed E-state index contributed by atoms with van der Waals surface area (Å²) >= 11 is 1.52. The number of carbonyl (C=O) groups is 1. The first-order chi connectivity index (χ1) is 12.6. The highest BCUT2D eigenvalue weighted by Gasteiger charge is 2.19. The van der Waals surface area contributed by atoms with Crippen molar-refractivity contribution in [2.24, 2.45) is 0 Å². The zero-order chi connectivity index (χ0) is 18.1. The smallest absolute Gasteiger partial charge is 0.259 e. The zero-order valence-corrected chi connectivity index (χ0v) is 14.9. The van der Waals surface area contributed by atoms with Crippen LogP contribution in [0.15, 0.2) is 42.0 Å². The standard InChI is InChI=1S/C17H15N7OS/c1-10-9-12(11(2)24(10)17-19-7-8-26-17)15(25)21-16-20-14(22-23-16)13-5-3-4-6-18-13/h3-9H,1-2H3,(H2,20,21,22,23,25). The second-order valence-corrected chi connectivity index (χ2v) is 6.48. The van der Waals surface area contributed by atoms with Gasteiger partial charge in [0.2, 0.25) is 5.95 Å². The first kappa shape index (κ1) is 16.2. The van der Waals surface area contributed by atoms with Crippen LogP contribution in [-0.2, 0) is 0 Å². The highest BCUT2D eigenvalue weighted by molar-refractivity contribution is 7.12. The summed E-state index contributed by atoms with van der Waals surface area (Å²) in [7, 11) is 0.